The standard InChI is InChI=1S/C53H33N3/c1-3-17-34(18-4-1)47-33-48(35-19-5-2-6-20-35)55-52(54-47)40-25-11-16-30-50(40)56-49-29-15-10-24-39(49)42-31-46-41(32-51(42)56)38-23-9-14-28-45(38)53(46)43-26-12-7-21-36(43)37-22-8-13-27-44(37)53/h1-33H. The van der Waals surface area contributed by atoms with Crippen molar-refractivity contribution in [3.8, 4) is 61.8 Å². The van der Waals surface area contributed by atoms with Crippen LogP contribution in [0.25, 0.3) is 83.6 Å². The molecule has 2 aliphatic rings. The minimum Gasteiger partial charge on any atom is -0.308 e. The molecule has 0 radical (unpaired) electrons. The summed E-state index contributed by atoms with van der Waals surface area (Å²) in [7, 11) is 0. The van der Waals surface area contributed by atoms with Gasteiger partial charge in [-0.25, -0.2) is 9.97 Å². The van der Waals surface area contributed by atoms with Gasteiger partial charge in [-0.3, -0.25) is 0 Å². The van der Waals surface area contributed by atoms with Crippen LogP contribution in [0.4, 0.5) is 0 Å². The fraction of sp³-hybridized carbons (Fsp3) is 0.0189. The van der Waals surface area contributed by atoms with Gasteiger partial charge in [-0.1, -0.05) is 164 Å². The first-order chi connectivity index (χ1) is 27.8. The number of rotatable bonds is 4. The van der Waals surface area contributed by atoms with Crippen LogP contribution in [0, 0.1) is 0 Å². The van der Waals surface area contributed by atoms with Crippen molar-refractivity contribution in [3.63, 3.8) is 0 Å². The van der Waals surface area contributed by atoms with Crippen LogP contribution in [0.1, 0.15) is 22.3 Å². The minimum absolute atomic E-state index is 0.409. The van der Waals surface area contributed by atoms with Gasteiger partial charge in [0.25, 0.3) is 0 Å². The molecule has 0 unspecified atom stereocenters. The maximum absolute atomic E-state index is 5.28. The molecule has 2 heterocycles. The highest BCUT2D eigenvalue weighted by atomic mass is 15.0. The van der Waals surface area contributed by atoms with Crippen LogP contribution in [0.5, 0.6) is 0 Å². The van der Waals surface area contributed by atoms with E-state index in [1.807, 2.05) is 12.1 Å². The maximum atomic E-state index is 5.28. The number of hydrogen-bond acceptors (Lipinski definition) is 2. The Balaban J connectivity index is 1.15. The summed E-state index contributed by atoms with van der Waals surface area (Å²) in [5.74, 6) is 0.691. The monoisotopic (exact) mass is 711 g/mol. The van der Waals surface area contributed by atoms with Gasteiger partial charge in [-0.2, -0.15) is 0 Å². The van der Waals surface area contributed by atoms with Crippen LogP contribution in [0.3, 0.4) is 0 Å². The Hall–Kier alpha value is -7.36. The molecule has 8 aromatic carbocycles. The quantitative estimate of drug-likeness (QED) is 0.182. The molecule has 0 fully saturated rings. The zero-order valence-corrected chi connectivity index (χ0v) is 30.4. The molecule has 0 amide bonds. The molecule has 3 heteroatoms. The van der Waals surface area contributed by atoms with Crippen LogP contribution >= 0.6 is 0 Å². The van der Waals surface area contributed by atoms with Gasteiger partial charge in [0.15, 0.2) is 5.82 Å². The van der Waals surface area contributed by atoms with Gasteiger partial charge in [0, 0.05) is 27.5 Å². The Morgan fingerprint density at radius 1 is 0.339 bits per heavy atom. The number of benzene rings is 8. The first kappa shape index (κ1) is 31.0. The Bertz CT molecular complexity index is 3090. The first-order valence-corrected chi connectivity index (χ1v) is 19.3. The van der Waals surface area contributed by atoms with Gasteiger partial charge in [-0.05, 0) is 80.9 Å². The van der Waals surface area contributed by atoms with Crippen molar-refractivity contribution in [3.05, 3.63) is 222 Å². The molecule has 0 saturated carbocycles. The molecule has 2 aromatic heterocycles. The van der Waals surface area contributed by atoms with Crippen LogP contribution in [-0.4, -0.2) is 14.5 Å². The van der Waals surface area contributed by atoms with E-state index in [1.165, 1.54) is 55.3 Å². The molecule has 3 nitrogen and oxygen atoms in total. The summed E-state index contributed by atoms with van der Waals surface area (Å²) in [6, 6.07) is 72.4. The SMILES string of the molecule is c1ccc(-c2cc(-c3ccccc3)nc(-c3ccccc3-n3c4ccccc4c4cc5c(cc43)-c3ccccc3C53c4ccccc4-c4ccccc43)n2)cc1. The van der Waals surface area contributed by atoms with E-state index in [1.54, 1.807) is 0 Å². The molecular weight excluding hydrogens is 679 g/mol. The zero-order chi connectivity index (χ0) is 36.8. The molecular formula is C53H33N3. The van der Waals surface area contributed by atoms with Crippen molar-refractivity contribution in [1.82, 2.24) is 14.5 Å². The largest absolute Gasteiger partial charge is 0.308 e. The van der Waals surface area contributed by atoms with Gasteiger partial charge in [0.2, 0.25) is 0 Å². The van der Waals surface area contributed by atoms with Crippen LogP contribution in [0.2, 0.25) is 0 Å². The average Bonchev–Trinajstić information content (AvgIpc) is 3.87. The molecule has 12 rings (SSSR count). The zero-order valence-electron chi connectivity index (χ0n) is 30.4. The smallest absolute Gasteiger partial charge is 0.162 e. The number of nitrogens with zero attached hydrogens (tertiary/aromatic N) is 3. The second-order valence-corrected chi connectivity index (χ2v) is 14.9. The predicted molar refractivity (Wildman–Crippen MR) is 229 cm³/mol. The molecule has 0 aliphatic heterocycles. The summed E-state index contributed by atoms with van der Waals surface area (Å²) in [6.45, 7) is 0. The molecule has 10 aromatic rings. The second-order valence-electron chi connectivity index (χ2n) is 14.9. The topological polar surface area (TPSA) is 30.7 Å². The van der Waals surface area contributed by atoms with Crippen LogP contribution in [0.15, 0.2) is 200 Å². The van der Waals surface area contributed by atoms with E-state index in [0.717, 1.165) is 44.8 Å². The predicted octanol–water partition coefficient (Wildman–Crippen LogP) is 12.9. The first-order valence-electron chi connectivity index (χ1n) is 19.3. The average molecular weight is 712 g/mol. The third-order valence-electron chi connectivity index (χ3n) is 12.0. The summed E-state index contributed by atoms with van der Waals surface area (Å²) in [4.78, 5) is 10.6. The lowest BCUT2D eigenvalue weighted by Crippen LogP contribution is -2.25. The van der Waals surface area contributed by atoms with Crippen LogP contribution in [-0.2, 0) is 5.41 Å². The highest BCUT2D eigenvalue weighted by molar-refractivity contribution is 6.12. The van der Waals surface area contributed by atoms with E-state index in [9.17, 15) is 0 Å². The van der Waals surface area contributed by atoms with Crippen molar-refractivity contribution in [2.24, 2.45) is 0 Å². The normalized spacial score (nSPS) is 13.1. The maximum Gasteiger partial charge on any atom is 0.162 e. The molecule has 0 N–H and O–H groups in total. The Labute approximate surface area is 324 Å². The lowest BCUT2D eigenvalue weighted by molar-refractivity contribution is 0.795. The van der Waals surface area contributed by atoms with E-state index in [2.05, 4.69) is 193 Å². The summed E-state index contributed by atoms with van der Waals surface area (Å²) < 4.78 is 2.44. The molecule has 0 atom stereocenters. The molecule has 1 spiro atoms. The van der Waals surface area contributed by atoms with Gasteiger partial charge in [0.1, 0.15) is 0 Å². The summed E-state index contributed by atoms with van der Waals surface area (Å²) >= 11 is 0. The fourth-order valence-corrected chi connectivity index (χ4v) is 9.75. The molecule has 0 bridgehead atoms. The van der Waals surface area contributed by atoms with E-state index in [-0.39, 0.29) is 0 Å². The van der Waals surface area contributed by atoms with Crippen LogP contribution < -0.4 is 0 Å². The lowest BCUT2D eigenvalue weighted by Gasteiger charge is -2.30. The van der Waals surface area contributed by atoms with Gasteiger partial charge >= 0.3 is 0 Å². The summed E-state index contributed by atoms with van der Waals surface area (Å²) in [6.07, 6.45) is 0. The molecule has 260 valence electrons. The summed E-state index contributed by atoms with van der Waals surface area (Å²) in [5, 5.41) is 2.45. The number of aromatic nitrogens is 3. The Morgan fingerprint density at radius 3 is 1.43 bits per heavy atom. The van der Waals surface area contributed by atoms with Crippen molar-refractivity contribution < 1.29 is 0 Å². The molecule has 0 saturated heterocycles. The third-order valence-corrected chi connectivity index (χ3v) is 12.0. The fourth-order valence-electron chi connectivity index (χ4n) is 9.75. The van der Waals surface area contributed by atoms with Crippen molar-refractivity contribution in [2.75, 3.05) is 0 Å². The van der Waals surface area contributed by atoms with E-state index >= 15 is 0 Å². The summed E-state index contributed by atoms with van der Waals surface area (Å²) in [5.41, 5.74) is 18.4. The van der Waals surface area contributed by atoms with Gasteiger partial charge in [-0.15, -0.1) is 0 Å². The molecule has 2 aliphatic carbocycles. The van der Waals surface area contributed by atoms with E-state index in [0.29, 0.717) is 5.82 Å². The second kappa shape index (κ2) is 11.8. The van der Waals surface area contributed by atoms with Crippen molar-refractivity contribution >= 4 is 21.8 Å². The third kappa shape index (κ3) is 4.22. The highest BCUT2D eigenvalue weighted by Gasteiger charge is 2.51. The lowest BCUT2D eigenvalue weighted by atomic mass is 9.70. The molecule has 56 heavy (non-hydrogen) atoms. The van der Waals surface area contributed by atoms with E-state index in [4.69, 9.17) is 9.97 Å². The van der Waals surface area contributed by atoms with E-state index < -0.39 is 5.41 Å². The number of para-hydroxylation sites is 2. The number of fused-ring (bicyclic) bond motifs is 13. The van der Waals surface area contributed by atoms with Crippen molar-refractivity contribution in [1.29, 1.82) is 0 Å². The minimum atomic E-state index is -0.409. The Morgan fingerprint density at radius 2 is 0.821 bits per heavy atom. The van der Waals surface area contributed by atoms with Gasteiger partial charge < -0.3 is 4.57 Å². The number of hydrogen-bond donors (Lipinski definition) is 0. The van der Waals surface area contributed by atoms with Crippen molar-refractivity contribution in [2.45, 2.75) is 5.41 Å². The Kier molecular flexibility index (Phi) is 6.55. The van der Waals surface area contributed by atoms with Gasteiger partial charge in [0.05, 0.1) is 33.5 Å². The highest BCUT2D eigenvalue weighted by Crippen LogP contribution is 2.63.